The van der Waals surface area contributed by atoms with Crippen LogP contribution in [0, 0.1) is 0 Å². The van der Waals surface area contributed by atoms with E-state index in [1.807, 2.05) is 12.1 Å². The van der Waals surface area contributed by atoms with E-state index in [1.54, 1.807) is 6.07 Å². The van der Waals surface area contributed by atoms with Crippen LogP contribution in [-0.2, 0) is 5.66 Å². The molecule has 2 rings (SSSR count). The van der Waals surface area contributed by atoms with Gasteiger partial charge in [0.25, 0.3) is 0 Å². The van der Waals surface area contributed by atoms with Gasteiger partial charge in [0.15, 0.2) is 5.66 Å². The molecule has 8 heteroatoms. The van der Waals surface area contributed by atoms with E-state index < -0.39 is 5.66 Å². The Morgan fingerprint density at radius 3 is 2.52 bits per heavy atom. The van der Waals surface area contributed by atoms with Crippen molar-refractivity contribution in [1.82, 2.24) is 25.0 Å². The van der Waals surface area contributed by atoms with E-state index in [2.05, 4.69) is 72.9 Å². The highest BCUT2D eigenvalue weighted by atomic mass is 16.5. The molecule has 0 aliphatic heterocycles. The average Bonchev–Trinajstić information content (AvgIpc) is 3.10. The summed E-state index contributed by atoms with van der Waals surface area (Å²) in [7, 11) is 4.14. The van der Waals surface area contributed by atoms with Crippen molar-refractivity contribution in [2.24, 2.45) is 9.98 Å². The minimum Gasteiger partial charge on any atom is -0.410 e. The van der Waals surface area contributed by atoms with Crippen molar-refractivity contribution in [3.05, 3.63) is 23.8 Å². The zero-order valence-corrected chi connectivity index (χ0v) is 18.6. The molecule has 2 atom stereocenters. The molecule has 1 N–H and O–H groups in total. The van der Waals surface area contributed by atoms with Crippen LogP contribution in [-0.4, -0.2) is 69.5 Å². The number of aromatic nitrogens is 3. The lowest BCUT2D eigenvalue weighted by molar-refractivity contribution is 0.123. The van der Waals surface area contributed by atoms with Gasteiger partial charge < -0.3 is 5.21 Å². The van der Waals surface area contributed by atoms with E-state index in [0.29, 0.717) is 17.5 Å². The van der Waals surface area contributed by atoms with Gasteiger partial charge in [0.1, 0.15) is 17.2 Å². The highest BCUT2D eigenvalue weighted by Gasteiger charge is 2.37. The van der Waals surface area contributed by atoms with Crippen LogP contribution in [0.15, 0.2) is 28.2 Å². The minimum atomic E-state index is -0.684. The van der Waals surface area contributed by atoms with E-state index >= 15 is 0 Å². The third-order valence-electron chi connectivity index (χ3n) is 5.47. The first kappa shape index (κ1) is 23.0. The highest BCUT2D eigenvalue weighted by Crippen LogP contribution is 2.36. The van der Waals surface area contributed by atoms with Gasteiger partial charge in [-0.2, -0.15) is 4.99 Å². The fourth-order valence-corrected chi connectivity index (χ4v) is 3.85. The lowest BCUT2D eigenvalue weighted by Gasteiger charge is -2.37. The van der Waals surface area contributed by atoms with Gasteiger partial charge in [-0.3, -0.25) is 9.80 Å². The molecule has 0 spiro atoms. The van der Waals surface area contributed by atoms with Crippen LogP contribution < -0.4 is 0 Å². The number of fused-ring (bicyclic) bond motifs is 1. The van der Waals surface area contributed by atoms with Gasteiger partial charge in [-0.15, -0.1) is 5.10 Å². The van der Waals surface area contributed by atoms with Crippen LogP contribution in [0.4, 0.5) is 0 Å². The van der Waals surface area contributed by atoms with Gasteiger partial charge in [0, 0.05) is 12.1 Å². The zero-order valence-electron chi connectivity index (χ0n) is 18.6. The van der Waals surface area contributed by atoms with Crippen LogP contribution >= 0.6 is 0 Å². The second-order valence-electron chi connectivity index (χ2n) is 7.45. The van der Waals surface area contributed by atoms with E-state index in [9.17, 15) is 5.21 Å². The van der Waals surface area contributed by atoms with E-state index in [1.165, 1.54) is 0 Å². The number of rotatable bonds is 11. The van der Waals surface area contributed by atoms with Gasteiger partial charge in [0.2, 0.25) is 0 Å². The molecule has 0 saturated heterocycles. The molecular formula is C21H35N7O. The molecule has 2 aromatic rings. The van der Waals surface area contributed by atoms with Crippen molar-refractivity contribution in [3.8, 4) is 0 Å². The molecule has 0 amide bonds. The lowest BCUT2D eigenvalue weighted by atomic mass is 9.93. The third-order valence-corrected chi connectivity index (χ3v) is 5.47. The van der Waals surface area contributed by atoms with Gasteiger partial charge in [-0.1, -0.05) is 44.7 Å². The number of aliphatic imine (C=N–C) groups is 2. The Hall–Kier alpha value is -2.28. The topological polar surface area (TPSA) is 82.1 Å². The smallest absolute Gasteiger partial charge is 0.151 e. The summed E-state index contributed by atoms with van der Waals surface area (Å²) in [5.41, 5.74) is 1.41. The maximum Gasteiger partial charge on any atom is 0.151 e. The molecule has 2 unspecified atom stereocenters. The van der Waals surface area contributed by atoms with E-state index in [-0.39, 0.29) is 6.17 Å². The monoisotopic (exact) mass is 401 g/mol. The SMILES string of the molecule is CCCN(C)C(CC)N=C=NC(CC)(c1cccc2c1nnn2O)N(C)CCC. The molecular weight excluding hydrogens is 366 g/mol. The largest absolute Gasteiger partial charge is 0.410 e. The van der Waals surface area contributed by atoms with E-state index in [0.717, 1.165) is 42.8 Å². The summed E-state index contributed by atoms with van der Waals surface area (Å²) in [6.07, 6.45) is 3.74. The molecule has 1 aromatic carbocycles. The maximum absolute atomic E-state index is 9.97. The quantitative estimate of drug-likeness (QED) is 0.457. The maximum atomic E-state index is 9.97. The summed E-state index contributed by atoms with van der Waals surface area (Å²) in [6.45, 7) is 10.4. The molecule has 0 fully saturated rings. The van der Waals surface area contributed by atoms with Crippen molar-refractivity contribution in [1.29, 1.82) is 0 Å². The van der Waals surface area contributed by atoms with Crippen molar-refractivity contribution in [2.75, 3.05) is 27.2 Å². The molecule has 1 heterocycles. The second kappa shape index (κ2) is 10.5. The second-order valence-corrected chi connectivity index (χ2v) is 7.45. The van der Waals surface area contributed by atoms with Gasteiger partial charge in [-0.25, -0.2) is 4.99 Å². The minimum absolute atomic E-state index is 0.0545. The molecule has 160 valence electrons. The van der Waals surface area contributed by atoms with Crippen LogP contribution in [0.3, 0.4) is 0 Å². The summed E-state index contributed by atoms with van der Waals surface area (Å²) in [5, 5.41) is 18.0. The van der Waals surface area contributed by atoms with Crippen LogP contribution in [0.5, 0.6) is 0 Å². The number of benzene rings is 1. The first-order valence-corrected chi connectivity index (χ1v) is 10.6. The Balaban J connectivity index is 2.58. The predicted octanol–water partition coefficient (Wildman–Crippen LogP) is 3.83. The van der Waals surface area contributed by atoms with Crippen molar-refractivity contribution < 1.29 is 5.21 Å². The Morgan fingerprint density at radius 2 is 1.90 bits per heavy atom. The van der Waals surface area contributed by atoms with E-state index in [4.69, 9.17) is 4.99 Å². The molecule has 29 heavy (non-hydrogen) atoms. The summed E-state index contributed by atoms with van der Waals surface area (Å²) in [5.74, 6) is 0. The van der Waals surface area contributed by atoms with Gasteiger partial charge >= 0.3 is 0 Å². The predicted molar refractivity (Wildman–Crippen MR) is 116 cm³/mol. The van der Waals surface area contributed by atoms with Crippen molar-refractivity contribution in [3.63, 3.8) is 0 Å². The summed E-state index contributed by atoms with van der Waals surface area (Å²) in [6, 6.07) is 8.72. The lowest BCUT2D eigenvalue weighted by Crippen LogP contribution is -2.42. The fraction of sp³-hybridized carbons (Fsp3) is 0.667. The van der Waals surface area contributed by atoms with Crippen molar-refractivity contribution in [2.45, 2.75) is 65.2 Å². The Morgan fingerprint density at radius 1 is 1.17 bits per heavy atom. The number of hydrogen-bond donors (Lipinski definition) is 1. The fourth-order valence-electron chi connectivity index (χ4n) is 3.85. The zero-order chi connectivity index (χ0) is 21.4. The summed E-state index contributed by atoms with van der Waals surface area (Å²) >= 11 is 0. The van der Waals surface area contributed by atoms with Gasteiger partial charge in [-0.05, 0) is 57.6 Å². The highest BCUT2D eigenvalue weighted by molar-refractivity contribution is 5.79. The number of hydrogen-bond acceptors (Lipinski definition) is 7. The third kappa shape index (κ3) is 4.83. The Kier molecular flexibility index (Phi) is 8.32. The van der Waals surface area contributed by atoms with Crippen LogP contribution in [0.2, 0.25) is 0 Å². The molecule has 8 nitrogen and oxygen atoms in total. The van der Waals surface area contributed by atoms with Crippen molar-refractivity contribution >= 4 is 17.0 Å². The normalized spacial score (nSPS) is 14.8. The first-order valence-electron chi connectivity index (χ1n) is 10.6. The molecule has 0 saturated carbocycles. The molecule has 0 bridgehead atoms. The van der Waals surface area contributed by atoms with Crippen LogP contribution in [0.1, 0.15) is 58.9 Å². The summed E-state index contributed by atoms with van der Waals surface area (Å²) in [4.78, 5) is 14.8. The average molecular weight is 402 g/mol. The van der Waals surface area contributed by atoms with Gasteiger partial charge in [0.05, 0.1) is 6.01 Å². The standard InChI is InChI=1S/C21H35N7O/c1-7-14-26(5)19(9-3)22-16-23-21(10-4,27(6)15-8-2)17-12-11-13-18-20(17)24-25-28(18)29/h11-13,19,29H,7-10,14-15H2,1-6H3. The Labute approximate surface area is 173 Å². The molecule has 0 radical (unpaired) electrons. The Bertz CT molecular complexity index is 843. The number of nitrogens with zero attached hydrogens (tertiary/aromatic N) is 7. The summed E-state index contributed by atoms with van der Waals surface area (Å²) < 4.78 is 0. The van der Waals surface area contributed by atoms with Crippen LogP contribution in [0.25, 0.3) is 11.0 Å². The molecule has 0 aliphatic rings. The first-order chi connectivity index (χ1) is 13.9. The molecule has 0 aliphatic carbocycles. The molecule has 1 aromatic heterocycles.